The molecule has 0 bridgehead atoms. The van der Waals surface area contributed by atoms with Gasteiger partial charge in [-0.2, -0.15) is 5.26 Å². The molecule has 0 N–H and O–H groups in total. The summed E-state index contributed by atoms with van der Waals surface area (Å²) < 4.78 is 7.35. The normalized spacial score (nSPS) is 26.1. The van der Waals surface area contributed by atoms with Crippen LogP contribution in [-0.4, -0.2) is 22.8 Å². The minimum Gasteiger partial charge on any atom is -0.381 e. The molecule has 1 fully saturated rings. The Morgan fingerprint density at radius 3 is 3.20 bits per heavy atom. The smallest absolute Gasteiger partial charge is 0.212 e. The van der Waals surface area contributed by atoms with E-state index in [-0.39, 0.29) is 0 Å². The average molecular weight is 205 g/mol. The van der Waals surface area contributed by atoms with Crippen molar-refractivity contribution in [2.75, 3.05) is 7.11 Å². The topological polar surface area (TPSA) is 50.8 Å². The molecule has 15 heavy (non-hydrogen) atoms. The highest BCUT2D eigenvalue weighted by molar-refractivity contribution is 5.12. The van der Waals surface area contributed by atoms with Crippen molar-refractivity contribution < 1.29 is 4.74 Å². The molecule has 1 heterocycles. The summed E-state index contributed by atoms with van der Waals surface area (Å²) in [5, 5.41) is 8.90. The number of hydrogen-bond donors (Lipinski definition) is 0. The zero-order valence-electron chi connectivity index (χ0n) is 8.89. The second-order valence-electron chi connectivity index (χ2n) is 3.95. The standard InChI is InChI=1S/C11H15N3O/c1-15-10-4-2-3-9(7-10)14-6-5-13-11(14)8-12/h5-6,9-10H,2-4,7H2,1H3. The van der Waals surface area contributed by atoms with Gasteiger partial charge in [0.25, 0.3) is 0 Å². The van der Waals surface area contributed by atoms with Crippen molar-refractivity contribution in [1.29, 1.82) is 5.26 Å². The van der Waals surface area contributed by atoms with Crippen LogP contribution in [0.5, 0.6) is 0 Å². The Balaban J connectivity index is 2.14. The molecule has 0 aromatic carbocycles. The molecule has 0 radical (unpaired) electrons. The van der Waals surface area contributed by atoms with Crippen molar-refractivity contribution in [3.05, 3.63) is 18.2 Å². The maximum atomic E-state index is 8.90. The average Bonchev–Trinajstić information content (AvgIpc) is 2.77. The first kappa shape index (κ1) is 10.2. The van der Waals surface area contributed by atoms with Gasteiger partial charge in [0, 0.05) is 25.5 Å². The van der Waals surface area contributed by atoms with Crippen LogP contribution in [0.4, 0.5) is 0 Å². The Hall–Kier alpha value is -1.34. The molecule has 1 saturated carbocycles. The summed E-state index contributed by atoms with van der Waals surface area (Å²) in [4.78, 5) is 4.02. The molecular weight excluding hydrogens is 190 g/mol. The first-order chi connectivity index (χ1) is 7.35. The molecule has 4 heteroatoms. The van der Waals surface area contributed by atoms with Crippen LogP contribution in [0.2, 0.25) is 0 Å². The number of hydrogen-bond acceptors (Lipinski definition) is 3. The lowest BCUT2D eigenvalue weighted by atomic mass is 9.92. The lowest BCUT2D eigenvalue weighted by molar-refractivity contribution is 0.0529. The first-order valence-electron chi connectivity index (χ1n) is 5.31. The first-order valence-corrected chi connectivity index (χ1v) is 5.31. The molecule has 0 amide bonds. The summed E-state index contributed by atoms with van der Waals surface area (Å²) >= 11 is 0. The van der Waals surface area contributed by atoms with E-state index in [9.17, 15) is 0 Å². The van der Waals surface area contributed by atoms with Gasteiger partial charge in [0.15, 0.2) is 0 Å². The van der Waals surface area contributed by atoms with Gasteiger partial charge in [0.2, 0.25) is 5.82 Å². The maximum absolute atomic E-state index is 8.90. The number of ether oxygens (including phenoxy) is 1. The predicted molar refractivity (Wildman–Crippen MR) is 55.2 cm³/mol. The zero-order valence-corrected chi connectivity index (χ0v) is 8.89. The summed E-state index contributed by atoms with van der Waals surface area (Å²) in [6, 6.07) is 2.49. The van der Waals surface area contributed by atoms with Gasteiger partial charge >= 0.3 is 0 Å². The van der Waals surface area contributed by atoms with E-state index >= 15 is 0 Å². The Morgan fingerprint density at radius 2 is 2.47 bits per heavy atom. The van der Waals surface area contributed by atoms with E-state index < -0.39 is 0 Å². The molecule has 4 nitrogen and oxygen atoms in total. The fourth-order valence-electron chi connectivity index (χ4n) is 2.28. The third-order valence-corrected chi connectivity index (χ3v) is 3.09. The minimum atomic E-state index is 0.331. The largest absolute Gasteiger partial charge is 0.381 e. The van der Waals surface area contributed by atoms with Gasteiger partial charge < -0.3 is 9.30 Å². The molecule has 1 aromatic heterocycles. The van der Waals surface area contributed by atoms with Crippen LogP contribution in [0.25, 0.3) is 0 Å². The van der Waals surface area contributed by atoms with Gasteiger partial charge in [-0.05, 0) is 25.7 Å². The van der Waals surface area contributed by atoms with Crippen molar-refractivity contribution >= 4 is 0 Å². The van der Waals surface area contributed by atoms with Gasteiger partial charge in [-0.25, -0.2) is 4.98 Å². The molecule has 2 atom stereocenters. The SMILES string of the molecule is COC1CCCC(n2ccnc2C#N)C1. The summed E-state index contributed by atoms with van der Waals surface area (Å²) in [5.74, 6) is 0.511. The van der Waals surface area contributed by atoms with E-state index in [1.807, 2.05) is 10.8 Å². The van der Waals surface area contributed by atoms with Crippen LogP contribution in [0.15, 0.2) is 12.4 Å². The number of aromatic nitrogens is 2. The zero-order chi connectivity index (χ0) is 10.7. The molecule has 0 aliphatic heterocycles. The predicted octanol–water partition coefficient (Wildman–Crippen LogP) is 1.88. The van der Waals surface area contributed by atoms with Crippen LogP contribution < -0.4 is 0 Å². The van der Waals surface area contributed by atoms with Crippen LogP contribution in [0, 0.1) is 11.3 Å². The van der Waals surface area contributed by atoms with Crippen molar-refractivity contribution in [3.63, 3.8) is 0 Å². The lowest BCUT2D eigenvalue weighted by Gasteiger charge is -2.29. The van der Waals surface area contributed by atoms with Crippen molar-refractivity contribution in [2.45, 2.75) is 37.8 Å². The molecule has 0 spiro atoms. The maximum Gasteiger partial charge on any atom is 0.212 e. The molecule has 2 rings (SSSR count). The highest BCUT2D eigenvalue weighted by Gasteiger charge is 2.24. The molecule has 1 aliphatic rings. The van der Waals surface area contributed by atoms with E-state index in [2.05, 4.69) is 11.1 Å². The summed E-state index contributed by atoms with van der Waals surface area (Å²) in [6.45, 7) is 0. The summed E-state index contributed by atoms with van der Waals surface area (Å²) in [6.07, 6.45) is 8.30. The summed E-state index contributed by atoms with van der Waals surface area (Å²) in [7, 11) is 1.76. The molecule has 0 saturated heterocycles. The molecular formula is C11H15N3O. The van der Waals surface area contributed by atoms with Gasteiger partial charge in [-0.1, -0.05) is 0 Å². The number of methoxy groups -OCH3 is 1. The van der Waals surface area contributed by atoms with Crippen LogP contribution in [0.3, 0.4) is 0 Å². The number of rotatable bonds is 2. The lowest BCUT2D eigenvalue weighted by Crippen LogP contribution is -2.24. The van der Waals surface area contributed by atoms with Crippen LogP contribution >= 0.6 is 0 Å². The van der Waals surface area contributed by atoms with Crippen molar-refractivity contribution in [3.8, 4) is 6.07 Å². The van der Waals surface area contributed by atoms with Gasteiger partial charge in [-0.15, -0.1) is 0 Å². The van der Waals surface area contributed by atoms with Gasteiger partial charge in [0.05, 0.1) is 6.10 Å². The van der Waals surface area contributed by atoms with E-state index in [0.29, 0.717) is 18.0 Å². The number of imidazole rings is 1. The fraction of sp³-hybridized carbons (Fsp3) is 0.636. The third-order valence-electron chi connectivity index (χ3n) is 3.09. The monoisotopic (exact) mass is 205 g/mol. The Labute approximate surface area is 89.5 Å². The summed E-state index contributed by atoms with van der Waals surface area (Å²) in [5.41, 5.74) is 0. The number of nitriles is 1. The second-order valence-corrected chi connectivity index (χ2v) is 3.95. The Bertz CT molecular complexity index is 366. The van der Waals surface area contributed by atoms with Crippen LogP contribution in [-0.2, 0) is 4.74 Å². The Kier molecular flexibility index (Phi) is 3.02. The highest BCUT2D eigenvalue weighted by atomic mass is 16.5. The van der Waals surface area contributed by atoms with E-state index in [4.69, 9.17) is 10.00 Å². The van der Waals surface area contributed by atoms with Crippen molar-refractivity contribution in [1.82, 2.24) is 9.55 Å². The van der Waals surface area contributed by atoms with Crippen LogP contribution in [0.1, 0.15) is 37.5 Å². The third kappa shape index (κ3) is 2.02. The second kappa shape index (κ2) is 4.45. The Morgan fingerprint density at radius 1 is 1.60 bits per heavy atom. The minimum absolute atomic E-state index is 0.331. The van der Waals surface area contributed by atoms with Gasteiger partial charge in [-0.3, -0.25) is 0 Å². The van der Waals surface area contributed by atoms with E-state index in [0.717, 1.165) is 25.7 Å². The molecule has 1 aromatic rings. The van der Waals surface area contributed by atoms with Crippen molar-refractivity contribution in [2.24, 2.45) is 0 Å². The number of nitrogens with zero attached hydrogens (tertiary/aromatic N) is 3. The fourth-order valence-corrected chi connectivity index (χ4v) is 2.28. The molecule has 80 valence electrons. The van der Waals surface area contributed by atoms with Gasteiger partial charge in [0.1, 0.15) is 6.07 Å². The molecule has 1 aliphatic carbocycles. The highest BCUT2D eigenvalue weighted by Crippen LogP contribution is 2.30. The molecule has 2 unspecified atom stereocenters. The van der Waals surface area contributed by atoms with E-state index in [1.165, 1.54) is 0 Å². The van der Waals surface area contributed by atoms with E-state index in [1.54, 1.807) is 13.3 Å². The quantitative estimate of drug-likeness (QED) is 0.740.